The first-order valence-corrected chi connectivity index (χ1v) is 4.55. The summed E-state index contributed by atoms with van der Waals surface area (Å²) in [5, 5.41) is 21.2. The van der Waals surface area contributed by atoms with E-state index in [0.717, 1.165) is 24.0 Å². The van der Waals surface area contributed by atoms with Crippen molar-refractivity contribution in [3.05, 3.63) is 11.1 Å². The van der Waals surface area contributed by atoms with Crippen molar-refractivity contribution in [3.8, 4) is 0 Å². The van der Waals surface area contributed by atoms with E-state index in [1.807, 2.05) is 6.92 Å². The van der Waals surface area contributed by atoms with Gasteiger partial charge < -0.3 is 10.3 Å². The van der Waals surface area contributed by atoms with Crippen molar-refractivity contribution in [1.29, 1.82) is 0 Å². The zero-order chi connectivity index (χ0) is 10.1. The molecular formula is C10H17NO2. The van der Waals surface area contributed by atoms with Gasteiger partial charge in [-0.2, -0.15) is 0 Å². The average Bonchev–Trinajstić information content (AvgIpc) is 2.04. The van der Waals surface area contributed by atoms with Crippen LogP contribution >= 0.6 is 0 Å². The van der Waals surface area contributed by atoms with Gasteiger partial charge in [0, 0.05) is 0 Å². The third-order valence-corrected chi connectivity index (χ3v) is 2.97. The van der Waals surface area contributed by atoms with Crippen LogP contribution in [0.2, 0.25) is 0 Å². The van der Waals surface area contributed by atoms with Crippen molar-refractivity contribution in [1.82, 2.24) is 0 Å². The Kier molecular flexibility index (Phi) is 2.76. The van der Waals surface area contributed by atoms with Gasteiger partial charge in [-0.25, -0.2) is 0 Å². The van der Waals surface area contributed by atoms with E-state index in [2.05, 4.69) is 19.0 Å². The maximum absolute atomic E-state index is 9.22. The molecule has 0 bridgehead atoms. The topological polar surface area (TPSA) is 52.8 Å². The highest BCUT2D eigenvalue weighted by molar-refractivity contribution is 6.01. The predicted octanol–water partition coefficient (Wildman–Crippen LogP) is 1.95. The standard InChI is InChI=1S/C10H17NO2/c1-7-8(6-12)10(2,3)5-4-9(7)11-13/h12-13H,4-6H2,1-3H3. The summed E-state index contributed by atoms with van der Waals surface area (Å²) < 4.78 is 0. The van der Waals surface area contributed by atoms with Crippen molar-refractivity contribution < 1.29 is 10.3 Å². The summed E-state index contributed by atoms with van der Waals surface area (Å²) in [6, 6.07) is 0. The molecule has 0 fully saturated rings. The third-order valence-electron chi connectivity index (χ3n) is 2.97. The number of aliphatic hydroxyl groups excluding tert-OH is 1. The Morgan fingerprint density at radius 3 is 2.54 bits per heavy atom. The molecule has 0 amide bonds. The van der Waals surface area contributed by atoms with Crippen molar-refractivity contribution in [2.75, 3.05) is 6.61 Å². The van der Waals surface area contributed by atoms with E-state index >= 15 is 0 Å². The van der Waals surface area contributed by atoms with Crippen molar-refractivity contribution in [3.63, 3.8) is 0 Å². The van der Waals surface area contributed by atoms with Gasteiger partial charge in [0.1, 0.15) is 0 Å². The number of hydrogen-bond donors (Lipinski definition) is 2. The highest BCUT2D eigenvalue weighted by atomic mass is 16.4. The summed E-state index contributed by atoms with van der Waals surface area (Å²) >= 11 is 0. The van der Waals surface area contributed by atoms with Crippen LogP contribution < -0.4 is 0 Å². The first-order chi connectivity index (χ1) is 6.03. The summed E-state index contributed by atoms with van der Waals surface area (Å²) in [6.07, 6.45) is 1.72. The summed E-state index contributed by atoms with van der Waals surface area (Å²) in [6.45, 7) is 6.17. The van der Waals surface area contributed by atoms with Crippen LogP contribution in [0, 0.1) is 5.41 Å². The molecule has 3 heteroatoms. The van der Waals surface area contributed by atoms with Crippen molar-refractivity contribution >= 4 is 5.71 Å². The molecule has 1 aliphatic rings. The largest absolute Gasteiger partial charge is 0.411 e. The molecule has 0 unspecified atom stereocenters. The van der Waals surface area contributed by atoms with Crippen LogP contribution in [-0.4, -0.2) is 22.6 Å². The molecule has 0 atom stereocenters. The number of allylic oxidation sites excluding steroid dienone is 1. The Balaban J connectivity index is 3.14. The van der Waals surface area contributed by atoms with E-state index < -0.39 is 0 Å². The molecule has 0 aromatic carbocycles. The van der Waals surface area contributed by atoms with E-state index in [1.54, 1.807) is 0 Å². The summed E-state index contributed by atoms with van der Waals surface area (Å²) in [5.41, 5.74) is 2.68. The van der Waals surface area contributed by atoms with Gasteiger partial charge in [0.15, 0.2) is 0 Å². The zero-order valence-corrected chi connectivity index (χ0v) is 8.46. The second-order valence-electron chi connectivity index (χ2n) is 4.19. The lowest BCUT2D eigenvalue weighted by Gasteiger charge is -2.33. The Morgan fingerprint density at radius 1 is 1.46 bits per heavy atom. The summed E-state index contributed by atoms with van der Waals surface area (Å²) in [5.74, 6) is 0. The van der Waals surface area contributed by atoms with Crippen LogP contribution in [0.3, 0.4) is 0 Å². The predicted molar refractivity (Wildman–Crippen MR) is 52.0 cm³/mol. The van der Waals surface area contributed by atoms with Gasteiger partial charge in [-0.05, 0) is 36.3 Å². The van der Waals surface area contributed by atoms with E-state index in [9.17, 15) is 5.11 Å². The molecule has 0 heterocycles. The second kappa shape index (κ2) is 3.50. The lowest BCUT2D eigenvalue weighted by Crippen LogP contribution is -2.27. The molecule has 1 aliphatic carbocycles. The molecule has 0 aromatic heterocycles. The average molecular weight is 183 g/mol. The number of oxime groups is 1. The van der Waals surface area contributed by atoms with Crippen LogP contribution in [0.4, 0.5) is 0 Å². The molecule has 3 nitrogen and oxygen atoms in total. The molecule has 0 aromatic rings. The Bertz CT molecular complexity index is 264. The molecule has 0 saturated heterocycles. The Labute approximate surface area is 78.8 Å². The van der Waals surface area contributed by atoms with Gasteiger partial charge in [0.25, 0.3) is 0 Å². The minimum Gasteiger partial charge on any atom is -0.411 e. The van der Waals surface area contributed by atoms with Crippen molar-refractivity contribution in [2.45, 2.75) is 33.6 Å². The van der Waals surface area contributed by atoms with Crippen LogP contribution in [0.15, 0.2) is 16.3 Å². The fourth-order valence-corrected chi connectivity index (χ4v) is 1.91. The molecule has 0 aliphatic heterocycles. The zero-order valence-electron chi connectivity index (χ0n) is 8.46. The minimum absolute atomic E-state index is 0.0347. The first kappa shape index (κ1) is 10.3. The smallest absolute Gasteiger partial charge is 0.0825 e. The maximum Gasteiger partial charge on any atom is 0.0825 e. The minimum atomic E-state index is 0.0347. The fourth-order valence-electron chi connectivity index (χ4n) is 1.91. The lowest BCUT2D eigenvalue weighted by molar-refractivity contribution is 0.272. The van der Waals surface area contributed by atoms with Crippen LogP contribution in [-0.2, 0) is 0 Å². The number of rotatable bonds is 1. The number of hydrogen-bond acceptors (Lipinski definition) is 3. The van der Waals surface area contributed by atoms with E-state index in [-0.39, 0.29) is 12.0 Å². The monoisotopic (exact) mass is 183 g/mol. The van der Waals surface area contributed by atoms with Crippen molar-refractivity contribution in [2.24, 2.45) is 10.6 Å². The first-order valence-electron chi connectivity index (χ1n) is 4.55. The normalized spacial score (nSPS) is 25.4. The SMILES string of the molecule is CC1=C(CO)C(C)(C)CCC1=NO. The molecule has 1 rings (SSSR count). The molecule has 13 heavy (non-hydrogen) atoms. The molecule has 0 spiro atoms. The lowest BCUT2D eigenvalue weighted by atomic mass is 9.72. The van der Waals surface area contributed by atoms with E-state index in [1.165, 1.54) is 0 Å². The summed E-state index contributed by atoms with van der Waals surface area (Å²) in [4.78, 5) is 0. The van der Waals surface area contributed by atoms with E-state index in [0.29, 0.717) is 5.71 Å². The molecule has 74 valence electrons. The molecule has 0 radical (unpaired) electrons. The van der Waals surface area contributed by atoms with Gasteiger partial charge in [0.2, 0.25) is 0 Å². The van der Waals surface area contributed by atoms with Gasteiger partial charge in [-0.1, -0.05) is 19.0 Å². The highest BCUT2D eigenvalue weighted by Gasteiger charge is 2.30. The van der Waals surface area contributed by atoms with Crippen LogP contribution in [0.1, 0.15) is 33.6 Å². The molecule has 0 saturated carbocycles. The van der Waals surface area contributed by atoms with Gasteiger partial charge in [0.05, 0.1) is 12.3 Å². The maximum atomic E-state index is 9.22. The third kappa shape index (κ3) is 1.75. The van der Waals surface area contributed by atoms with Gasteiger partial charge in [-0.3, -0.25) is 0 Å². The number of nitrogens with zero attached hydrogens (tertiary/aromatic N) is 1. The van der Waals surface area contributed by atoms with Gasteiger partial charge >= 0.3 is 0 Å². The quantitative estimate of drug-likeness (QED) is 0.482. The van der Waals surface area contributed by atoms with Crippen LogP contribution in [0.5, 0.6) is 0 Å². The Hall–Kier alpha value is -0.830. The number of aliphatic hydroxyl groups is 1. The molecular weight excluding hydrogens is 166 g/mol. The highest BCUT2D eigenvalue weighted by Crippen LogP contribution is 2.38. The molecule has 2 N–H and O–H groups in total. The van der Waals surface area contributed by atoms with Crippen LogP contribution in [0.25, 0.3) is 0 Å². The van der Waals surface area contributed by atoms with Gasteiger partial charge in [-0.15, -0.1) is 0 Å². The van der Waals surface area contributed by atoms with E-state index in [4.69, 9.17) is 5.21 Å². The second-order valence-corrected chi connectivity index (χ2v) is 4.19. The fraction of sp³-hybridized carbons (Fsp3) is 0.700. The summed E-state index contributed by atoms with van der Waals surface area (Å²) in [7, 11) is 0. The Morgan fingerprint density at radius 2 is 2.08 bits per heavy atom.